The van der Waals surface area contributed by atoms with Gasteiger partial charge < -0.3 is 11.5 Å². The molecule has 1 unspecified atom stereocenters. The van der Waals surface area contributed by atoms with Gasteiger partial charge in [0.1, 0.15) is 0 Å². The Labute approximate surface area is 162 Å². The second kappa shape index (κ2) is 8.04. The van der Waals surface area contributed by atoms with Crippen molar-refractivity contribution in [2.75, 3.05) is 0 Å². The van der Waals surface area contributed by atoms with E-state index in [2.05, 4.69) is 15.2 Å². The molecule has 1 aromatic heterocycles. The average Bonchev–Trinajstić information content (AvgIpc) is 2.55. The van der Waals surface area contributed by atoms with Crippen LogP contribution < -0.4 is 11.5 Å². The van der Waals surface area contributed by atoms with Crippen molar-refractivity contribution in [1.29, 1.82) is 0 Å². The summed E-state index contributed by atoms with van der Waals surface area (Å²) < 4.78 is 0. The van der Waals surface area contributed by atoms with Crippen LogP contribution in [-0.4, -0.2) is 16.7 Å². The summed E-state index contributed by atoms with van der Waals surface area (Å²) >= 11 is 12.6. The fraction of sp³-hybridized carbons (Fsp3) is 0.235. The first-order valence-electron chi connectivity index (χ1n) is 7.51. The lowest BCUT2D eigenvalue weighted by atomic mass is 9.80. The fourth-order valence-electron chi connectivity index (χ4n) is 3.07. The van der Waals surface area contributed by atoms with Crippen LogP contribution in [0.1, 0.15) is 34.7 Å². The molecule has 0 bridgehead atoms. The van der Waals surface area contributed by atoms with E-state index in [0.29, 0.717) is 16.5 Å². The van der Waals surface area contributed by atoms with E-state index >= 15 is 0 Å². The van der Waals surface area contributed by atoms with Crippen LogP contribution in [0.5, 0.6) is 0 Å². The Kier molecular flexibility index (Phi) is 6.27. The number of rotatable bonds is 2. The molecule has 3 rings (SSSR count). The number of nitrogens with two attached hydrogens (primary N) is 2. The molecule has 1 aromatic carbocycles. The van der Waals surface area contributed by atoms with E-state index in [-0.39, 0.29) is 24.3 Å². The first-order valence-corrected chi connectivity index (χ1v) is 8.27. The number of fused-ring (bicyclic) bond motifs is 1. The van der Waals surface area contributed by atoms with Crippen molar-refractivity contribution in [1.82, 2.24) is 4.98 Å². The minimum absolute atomic E-state index is 0. The first-order chi connectivity index (χ1) is 11.5. The Morgan fingerprint density at radius 1 is 1.20 bits per heavy atom. The first kappa shape index (κ1) is 19.5. The molecule has 0 aliphatic heterocycles. The van der Waals surface area contributed by atoms with Crippen molar-refractivity contribution in [3.63, 3.8) is 0 Å². The molecule has 1 atom stereocenters. The van der Waals surface area contributed by atoms with Crippen LogP contribution in [0.3, 0.4) is 0 Å². The quantitative estimate of drug-likeness (QED) is 0.457. The molecule has 132 valence electrons. The van der Waals surface area contributed by atoms with Gasteiger partial charge in [-0.05, 0) is 48.9 Å². The molecule has 0 saturated carbocycles. The predicted molar refractivity (Wildman–Crippen MR) is 106 cm³/mol. The normalized spacial score (nSPS) is 17.6. The SMILES string of the molecule is Cc1ccnc2c1/C(=N\N=C(N)N)CC(c1cccc(Cl)c1Cl)C2.Cl. The van der Waals surface area contributed by atoms with Crippen molar-refractivity contribution in [3.8, 4) is 0 Å². The van der Waals surface area contributed by atoms with E-state index in [1.54, 1.807) is 12.3 Å². The predicted octanol–water partition coefficient (Wildman–Crippen LogP) is 3.83. The lowest BCUT2D eigenvalue weighted by molar-refractivity contribution is 0.677. The molecular formula is C17H18Cl3N5. The molecule has 0 amide bonds. The number of aryl methyl sites for hydroxylation is 1. The molecule has 2 aromatic rings. The van der Waals surface area contributed by atoms with Crippen molar-refractivity contribution < 1.29 is 0 Å². The summed E-state index contributed by atoms with van der Waals surface area (Å²) in [5, 5.41) is 9.19. The van der Waals surface area contributed by atoms with Gasteiger partial charge in [-0.3, -0.25) is 4.98 Å². The van der Waals surface area contributed by atoms with Gasteiger partial charge in [0.05, 0.1) is 21.5 Å². The second-order valence-electron chi connectivity index (χ2n) is 5.77. The molecule has 1 aliphatic carbocycles. The molecule has 0 fully saturated rings. The third-order valence-corrected chi connectivity index (χ3v) is 4.95. The molecule has 4 N–H and O–H groups in total. The van der Waals surface area contributed by atoms with Crippen molar-refractivity contribution in [3.05, 3.63) is 62.9 Å². The standard InChI is InChI=1S/C17H17Cl2N5.ClH/c1-9-5-6-22-13-7-10(11-3-2-4-12(18)16(11)19)8-14(15(9)13)23-24-17(20)21;/h2-6,10H,7-8H2,1H3,(H4,20,21,24);1H/b23-14-;. The fourth-order valence-corrected chi connectivity index (χ4v) is 3.53. The number of benzene rings is 1. The molecule has 0 radical (unpaired) electrons. The number of nitrogens with zero attached hydrogens (tertiary/aromatic N) is 3. The van der Waals surface area contributed by atoms with Gasteiger partial charge in [0.2, 0.25) is 5.96 Å². The maximum atomic E-state index is 6.40. The smallest absolute Gasteiger partial charge is 0.211 e. The summed E-state index contributed by atoms with van der Waals surface area (Å²) in [5.74, 6) is 0.0412. The van der Waals surface area contributed by atoms with Crippen LogP contribution >= 0.6 is 35.6 Å². The molecule has 25 heavy (non-hydrogen) atoms. The summed E-state index contributed by atoms with van der Waals surface area (Å²) in [7, 11) is 0. The number of pyridine rings is 1. The molecular weight excluding hydrogens is 381 g/mol. The third-order valence-electron chi connectivity index (χ3n) is 4.11. The zero-order chi connectivity index (χ0) is 17.3. The third kappa shape index (κ3) is 4.06. The van der Waals surface area contributed by atoms with Gasteiger partial charge in [-0.2, -0.15) is 5.10 Å². The Balaban J connectivity index is 0.00000225. The van der Waals surface area contributed by atoms with E-state index in [4.69, 9.17) is 34.7 Å². The average molecular weight is 399 g/mol. The van der Waals surface area contributed by atoms with E-state index in [9.17, 15) is 0 Å². The van der Waals surface area contributed by atoms with Crippen LogP contribution in [0.2, 0.25) is 10.0 Å². The lowest BCUT2D eigenvalue weighted by Gasteiger charge is -2.27. The summed E-state index contributed by atoms with van der Waals surface area (Å²) in [6.45, 7) is 2.03. The molecule has 1 aliphatic rings. The van der Waals surface area contributed by atoms with E-state index in [1.165, 1.54) is 0 Å². The van der Waals surface area contributed by atoms with Crippen LogP contribution in [0.15, 0.2) is 40.7 Å². The number of halogens is 3. The maximum Gasteiger partial charge on any atom is 0.211 e. The zero-order valence-corrected chi connectivity index (χ0v) is 15.9. The number of aromatic nitrogens is 1. The van der Waals surface area contributed by atoms with Crippen LogP contribution in [0, 0.1) is 6.92 Å². The molecule has 0 saturated heterocycles. The van der Waals surface area contributed by atoms with E-state index < -0.39 is 0 Å². The molecule has 1 heterocycles. The Bertz CT molecular complexity index is 844. The highest BCUT2D eigenvalue weighted by Crippen LogP contribution is 2.38. The number of hydrogen-bond donors (Lipinski definition) is 2. The summed E-state index contributed by atoms with van der Waals surface area (Å²) in [6, 6.07) is 7.62. The van der Waals surface area contributed by atoms with Gasteiger partial charge in [-0.15, -0.1) is 17.5 Å². The number of hydrogen-bond acceptors (Lipinski definition) is 3. The lowest BCUT2D eigenvalue weighted by Crippen LogP contribution is -2.24. The number of guanidine groups is 1. The maximum absolute atomic E-state index is 6.40. The van der Waals surface area contributed by atoms with E-state index in [0.717, 1.165) is 34.5 Å². The minimum Gasteiger partial charge on any atom is -0.369 e. The summed E-state index contributed by atoms with van der Waals surface area (Å²) in [6.07, 6.45) is 3.22. The van der Waals surface area contributed by atoms with Gasteiger partial charge >= 0.3 is 0 Å². The summed E-state index contributed by atoms with van der Waals surface area (Å²) in [4.78, 5) is 4.52. The van der Waals surface area contributed by atoms with Crippen molar-refractivity contribution in [2.45, 2.75) is 25.7 Å². The second-order valence-corrected chi connectivity index (χ2v) is 6.55. The molecule has 0 spiro atoms. The van der Waals surface area contributed by atoms with Crippen molar-refractivity contribution in [2.24, 2.45) is 21.7 Å². The topological polar surface area (TPSA) is 89.6 Å². The van der Waals surface area contributed by atoms with Gasteiger partial charge in [-0.25, -0.2) is 0 Å². The Hall–Kier alpha value is -1.82. The van der Waals surface area contributed by atoms with Crippen molar-refractivity contribution >= 4 is 47.3 Å². The minimum atomic E-state index is -0.0755. The van der Waals surface area contributed by atoms with Crippen LogP contribution in [0.4, 0.5) is 0 Å². The van der Waals surface area contributed by atoms with Gasteiger partial charge in [0.25, 0.3) is 0 Å². The highest BCUT2D eigenvalue weighted by molar-refractivity contribution is 6.42. The summed E-state index contributed by atoms with van der Waals surface area (Å²) in [5.41, 5.74) is 15.7. The largest absolute Gasteiger partial charge is 0.369 e. The van der Waals surface area contributed by atoms with Crippen LogP contribution in [0.25, 0.3) is 0 Å². The zero-order valence-electron chi connectivity index (χ0n) is 13.5. The van der Waals surface area contributed by atoms with Gasteiger partial charge in [-0.1, -0.05) is 35.3 Å². The molecule has 8 heteroatoms. The Morgan fingerprint density at radius 3 is 2.68 bits per heavy atom. The highest BCUT2D eigenvalue weighted by atomic mass is 35.5. The Morgan fingerprint density at radius 2 is 1.96 bits per heavy atom. The van der Waals surface area contributed by atoms with E-state index in [1.807, 2.05) is 25.1 Å². The van der Waals surface area contributed by atoms with Gasteiger partial charge in [0, 0.05) is 11.8 Å². The van der Waals surface area contributed by atoms with Crippen LogP contribution in [-0.2, 0) is 6.42 Å². The monoisotopic (exact) mass is 397 g/mol. The highest BCUT2D eigenvalue weighted by Gasteiger charge is 2.29. The van der Waals surface area contributed by atoms with Gasteiger partial charge in [0.15, 0.2) is 0 Å². The molecule has 5 nitrogen and oxygen atoms in total.